The van der Waals surface area contributed by atoms with Crippen LogP contribution in [0.15, 0.2) is 85.2 Å². The zero-order chi connectivity index (χ0) is 93.2. The third-order valence-corrected chi connectivity index (χ3v) is 23.7. The van der Waals surface area contributed by atoms with Gasteiger partial charge in [0.25, 0.3) is 0 Å². The average Bonchev–Trinajstić information content (AvgIpc) is 1.68. The first-order valence-corrected chi connectivity index (χ1v) is 43.2. The molecule has 0 spiro atoms. The lowest BCUT2D eigenvalue weighted by Gasteiger charge is -2.36. The van der Waals surface area contributed by atoms with Crippen LogP contribution in [-0.4, -0.2) is 312 Å². The first-order chi connectivity index (χ1) is 60.4. The molecule has 5 aromatic rings. The van der Waals surface area contributed by atoms with E-state index in [0.29, 0.717) is 64.2 Å². The Morgan fingerprint density at radius 3 is 1.65 bits per heavy atom. The molecule has 3 fully saturated rings. The van der Waals surface area contributed by atoms with Crippen LogP contribution in [-0.2, 0) is 106 Å². The Morgan fingerprint density at radius 1 is 0.520 bits per heavy atom. The molecule has 3 aliphatic rings. The summed E-state index contributed by atoms with van der Waals surface area (Å²) in [5.74, 6) is -18.7. The van der Waals surface area contributed by atoms with Crippen molar-refractivity contribution in [3.05, 3.63) is 102 Å². The number of aromatic amines is 2. The minimum atomic E-state index is -1.91. The van der Waals surface area contributed by atoms with E-state index < -0.39 is 260 Å². The molecule has 2 aromatic heterocycles. The number of nitrogens with zero attached hydrogens (tertiary/aromatic N) is 5. The molecule has 0 bridgehead atoms. The first kappa shape index (κ1) is 99.7. The summed E-state index contributed by atoms with van der Waals surface area (Å²) < 4.78 is 0. The minimum absolute atomic E-state index is 0.00419. The predicted molar refractivity (Wildman–Crippen MR) is 462 cm³/mol. The number of aromatic nitrogens is 2. The van der Waals surface area contributed by atoms with Crippen molar-refractivity contribution in [3.63, 3.8) is 0 Å². The van der Waals surface area contributed by atoms with Crippen molar-refractivity contribution in [1.82, 2.24) is 87.6 Å². The van der Waals surface area contributed by atoms with Crippen LogP contribution in [0.4, 0.5) is 0 Å². The van der Waals surface area contributed by atoms with Crippen LogP contribution in [0.2, 0.25) is 0 Å². The van der Waals surface area contributed by atoms with Crippen LogP contribution < -0.4 is 76.1 Å². The summed E-state index contributed by atoms with van der Waals surface area (Å²) in [7, 11) is 3.87. The molecule has 0 saturated carbocycles. The van der Waals surface area contributed by atoms with Gasteiger partial charge in [-0.15, -0.1) is 11.8 Å². The molecule has 3 saturated heterocycles. The van der Waals surface area contributed by atoms with E-state index in [1.54, 1.807) is 60.9 Å². The molecule has 15 unspecified atom stereocenters. The summed E-state index contributed by atoms with van der Waals surface area (Å²) in [5.41, 5.74) is 25.3. The van der Waals surface area contributed by atoms with E-state index in [0.717, 1.165) is 36.3 Å². The summed E-state index contributed by atoms with van der Waals surface area (Å²) in [6, 6.07) is -2.82. The first-order valence-electron chi connectivity index (χ1n) is 42.1. The van der Waals surface area contributed by atoms with Crippen molar-refractivity contribution in [2.24, 2.45) is 22.9 Å². The second-order valence-corrected chi connectivity index (χ2v) is 33.0. The normalized spacial score (nSPS) is 25.6. The minimum Gasteiger partial charge on any atom is -0.508 e. The van der Waals surface area contributed by atoms with E-state index in [4.69, 9.17) is 22.9 Å². The Bertz CT molecular complexity index is 4840. The lowest BCUT2D eigenvalue weighted by Crippen LogP contribution is -2.62. The highest BCUT2D eigenvalue weighted by molar-refractivity contribution is 8.00. The molecule has 43 heteroatoms. The van der Waals surface area contributed by atoms with Gasteiger partial charge in [-0.25, -0.2) is 0 Å². The van der Waals surface area contributed by atoms with Gasteiger partial charge in [-0.05, 0) is 86.9 Å². The number of phenolic OH excluding ortho intramolecular Hbond substituents is 1. The van der Waals surface area contributed by atoms with E-state index >= 15 is 28.8 Å². The van der Waals surface area contributed by atoms with Crippen LogP contribution in [0.3, 0.4) is 0 Å². The maximum atomic E-state index is 15.6. The molecule has 127 heavy (non-hydrogen) atoms. The number of para-hydroxylation sites is 2. The van der Waals surface area contributed by atoms with Crippen molar-refractivity contribution in [2.75, 3.05) is 65.4 Å². The molecule has 690 valence electrons. The Hall–Kier alpha value is -12.8. The number of nitrogens with two attached hydrogens (primary N) is 4. The maximum absolute atomic E-state index is 15.6. The third kappa shape index (κ3) is 27.1. The molecular formula is C84H117N21O21S. The standard InChI is InChI=1S/C84H117N21O21S/c1-8-10-21-63-77(119)92-44(3)71(113)100-62(73(115)91-39-69(88)111)42-127-43-70(112)93-57(31-46-24-26-49(107)27-25-46)80(122)101(5)45(4)72(114)96-59(35-68(87)110)83(125)104-30-16-23-64(104)78(120)98-60(36-85)75(117)94-55(28-29-67(86)109)82(124)105-40-50(108)34-66(105)79(121)95-56(32-47-37-89-53-19-14-12-17-51(47)53)74(116)99-61(41-106)76(118)97-58(33-48-38-90-54-20-15-13-18-52(48)54)81(123)103(7)65(22-11-9-2)84(126)102(63)6/h12-15,17-20,24-27,37-38,44-45,50,55-66,89-90,106-108H,8-11,16,21-23,28-36,39-43,85H2,1-7H3,(H2,86,109)(H2,87,110)(H2,88,111)(H,91,115)(H,92,119)(H,93,112)(H,94,117)(H,95,121)(H,96,114)(H,97,118)(H,98,120)(H,99,116)(H,100,113). The Morgan fingerprint density at radius 2 is 1.05 bits per heavy atom. The van der Waals surface area contributed by atoms with Crippen molar-refractivity contribution in [2.45, 2.75) is 215 Å². The monoisotopic (exact) mass is 1790 g/mol. The summed E-state index contributed by atoms with van der Waals surface area (Å²) >= 11 is 0.769. The summed E-state index contributed by atoms with van der Waals surface area (Å²) in [4.78, 5) is 269. The number of aliphatic hydroxyl groups is 2. The number of benzene rings is 3. The molecule has 5 heterocycles. The zero-order valence-corrected chi connectivity index (χ0v) is 72.8. The van der Waals surface area contributed by atoms with E-state index in [-0.39, 0.29) is 57.2 Å². The van der Waals surface area contributed by atoms with Crippen molar-refractivity contribution in [3.8, 4) is 5.75 Å². The molecule has 23 N–H and O–H groups in total. The lowest BCUT2D eigenvalue weighted by atomic mass is 10.00. The van der Waals surface area contributed by atoms with Gasteiger partial charge in [0.2, 0.25) is 106 Å². The predicted octanol–water partition coefficient (Wildman–Crippen LogP) is -4.96. The van der Waals surface area contributed by atoms with Crippen LogP contribution in [0.1, 0.15) is 121 Å². The fourth-order valence-corrected chi connectivity index (χ4v) is 16.2. The average molecular weight is 1790 g/mol. The zero-order valence-electron chi connectivity index (χ0n) is 71.9. The number of aliphatic hydroxyl groups excluding tert-OH is 2. The summed E-state index contributed by atoms with van der Waals surface area (Å²) in [6.07, 6.45) is 0.256. The lowest BCUT2D eigenvalue weighted by molar-refractivity contribution is -0.149. The second-order valence-electron chi connectivity index (χ2n) is 32.0. The van der Waals surface area contributed by atoms with Crippen LogP contribution in [0.25, 0.3) is 21.8 Å². The second kappa shape index (κ2) is 47.0. The molecule has 3 aromatic carbocycles. The molecule has 0 aliphatic carbocycles. The Labute approximate surface area is 736 Å². The number of thioether (sulfide) groups is 1. The van der Waals surface area contributed by atoms with Gasteiger partial charge in [-0.2, -0.15) is 0 Å². The van der Waals surface area contributed by atoms with Gasteiger partial charge in [-0.1, -0.05) is 88.1 Å². The number of aromatic hydroxyl groups is 1. The smallest absolute Gasteiger partial charge is 0.246 e. The van der Waals surface area contributed by atoms with E-state index in [1.165, 1.54) is 59.3 Å². The summed E-state index contributed by atoms with van der Waals surface area (Å²) in [6.45, 7) is 3.00. The number of hydrogen-bond donors (Lipinski definition) is 19. The van der Waals surface area contributed by atoms with Crippen molar-refractivity contribution >= 4 is 140 Å². The number of likely N-dealkylation sites (N-methyl/N-ethyl adjacent to an activating group) is 3. The summed E-state index contributed by atoms with van der Waals surface area (Å²) in [5, 5.41) is 59.2. The van der Waals surface area contributed by atoms with Gasteiger partial charge in [0.05, 0.1) is 31.4 Å². The molecule has 8 rings (SSSR count). The highest BCUT2D eigenvalue weighted by atomic mass is 32.2. The fraction of sp³-hybridized carbons (Fsp3) is 0.524. The molecule has 3 aliphatic heterocycles. The largest absolute Gasteiger partial charge is 0.508 e. The highest BCUT2D eigenvalue weighted by Crippen LogP contribution is 2.27. The van der Waals surface area contributed by atoms with Gasteiger partial charge in [0.1, 0.15) is 90.3 Å². The van der Waals surface area contributed by atoms with Crippen LogP contribution in [0, 0.1) is 0 Å². The van der Waals surface area contributed by atoms with Gasteiger partial charge < -0.3 is 126 Å². The number of unbranched alkanes of at least 4 members (excludes halogenated alkanes) is 2. The number of hydrogen-bond acceptors (Lipinski definition) is 23. The quantitative estimate of drug-likeness (QED) is 0.0309. The Kier molecular flexibility index (Phi) is 36.9. The molecule has 0 radical (unpaired) electrons. The molecular weight excluding hydrogens is 1670 g/mol. The number of fused-ring (bicyclic) bond motifs is 4. The number of nitrogens with one attached hydrogen (secondary N) is 12. The van der Waals surface area contributed by atoms with Crippen LogP contribution in [0.5, 0.6) is 5.75 Å². The van der Waals surface area contributed by atoms with Crippen molar-refractivity contribution in [1.29, 1.82) is 0 Å². The molecule has 42 nitrogen and oxygen atoms in total. The van der Waals surface area contributed by atoms with Gasteiger partial charge in [0, 0.05) is 113 Å². The van der Waals surface area contributed by atoms with E-state index in [9.17, 15) is 72.9 Å². The van der Waals surface area contributed by atoms with Gasteiger partial charge >= 0.3 is 0 Å². The molecule has 18 amide bonds. The number of carbonyl (C=O) groups excluding carboxylic acids is 18. The fourth-order valence-electron chi connectivity index (χ4n) is 15.4. The number of phenols is 1. The van der Waals surface area contributed by atoms with Gasteiger partial charge in [0.15, 0.2) is 0 Å². The number of primary amides is 3. The number of carbonyl (C=O) groups is 18. The van der Waals surface area contributed by atoms with Gasteiger partial charge in [-0.3, -0.25) is 86.3 Å². The van der Waals surface area contributed by atoms with Crippen molar-refractivity contribution < 1.29 is 102 Å². The number of amides is 18. The number of H-pyrrole nitrogens is 2. The SMILES string of the molecule is CCCCC1C(=O)N(C)C(CCCC)C(=O)NC(C)C(=O)NC(C(=O)NCC(N)=O)CSCC(=O)NC(Cc2ccc(O)cc2)C(=O)N(C)C(C)C(=O)NC(CC(N)=O)C(=O)N2CCCC2C(=O)NC(CN)C(=O)NC(CCC(N)=O)C(=O)N2CC(O)CC2C(=O)NC(Cc2c[nH]c3ccccc23)C(=O)NC(CO)C(=O)NC(Cc2c[nH]c3ccccc23)C(=O)N1C. The molecule has 15 atom stereocenters. The topological polar surface area (TPSA) is 640 Å². The van der Waals surface area contributed by atoms with Crippen LogP contribution >= 0.6 is 11.8 Å². The maximum Gasteiger partial charge on any atom is 0.246 e. The van der Waals surface area contributed by atoms with E-state index in [2.05, 4.69) is 63.1 Å². The highest BCUT2D eigenvalue weighted by Gasteiger charge is 2.46. The third-order valence-electron chi connectivity index (χ3n) is 22.7. The van der Waals surface area contributed by atoms with E-state index in [1.807, 2.05) is 13.8 Å². The number of rotatable bonds is 22. The Balaban J connectivity index is 1.16.